The van der Waals surface area contributed by atoms with E-state index in [1.54, 1.807) is 0 Å². The third-order valence-electron chi connectivity index (χ3n) is 5.87. The minimum Gasteiger partial charge on any atom is -1.00 e. The van der Waals surface area contributed by atoms with Crippen LogP contribution in [0.1, 0.15) is 85.0 Å². The first-order valence-corrected chi connectivity index (χ1v) is 11.9. The van der Waals surface area contributed by atoms with Crippen molar-refractivity contribution in [3.63, 3.8) is 0 Å². The van der Waals surface area contributed by atoms with E-state index in [1.807, 2.05) is 0 Å². The van der Waals surface area contributed by atoms with Crippen LogP contribution in [0.3, 0.4) is 0 Å². The Bertz CT molecular complexity index is 403. The smallest absolute Gasteiger partial charge is 0.330 e. The van der Waals surface area contributed by atoms with Gasteiger partial charge in [-0.15, -0.1) is 0 Å². The number of nitrogens with zero attached hydrogens (tertiary/aromatic N) is 1. The second kappa shape index (κ2) is 21.6. The van der Waals surface area contributed by atoms with Gasteiger partial charge < -0.3 is 31.5 Å². The number of ether oxygens (including phenoxy) is 2. The fourth-order valence-corrected chi connectivity index (χ4v) is 3.70. The molecule has 1 N–H and O–H groups in total. The number of esters is 1. The lowest BCUT2D eigenvalue weighted by molar-refractivity contribution is -0.927. The summed E-state index contributed by atoms with van der Waals surface area (Å²) in [5, 5.41) is 10.4. The molecule has 0 bridgehead atoms. The van der Waals surface area contributed by atoms with E-state index in [0.29, 0.717) is 30.8 Å². The molecule has 0 rings (SSSR count). The number of likely N-dealkylation sites (N-methyl/N-ethyl adjacent to an activating group) is 1. The van der Waals surface area contributed by atoms with Crippen LogP contribution in [0.2, 0.25) is 0 Å². The van der Waals surface area contributed by atoms with Crippen LogP contribution in [0, 0.1) is 0 Å². The van der Waals surface area contributed by atoms with Crippen LogP contribution in [0.5, 0.6) is 0 Å². The fraction of sp³-hybridized carbons (Fsp3) is 0.875. The first-order chi connectivity index (χ1) is 14.0. The summed E-state index contributed by atoms with van der Waals surface area (Å²) in [5.74, 6) is -0.393. The van der Waals surface area contributed by atoms with E-state index in [2.05, 4.69) is 27.4 Å². The molecule has 0 aromatic carbocycles. The highest BCUT2D eigenvalue weighted by molar-refractivity contribution is 5.81. The molecule has 0 aliphatic carbocycles. The van der Waals surface area contributed by atoms with Gasteiger partial charge in [-0.2, -0.15) is 0 Å². The largest absolute Gasteiger partial charge is 1.00 e. The monoisotopic (exact) mass is 449 g/mol. The second-order valence-corrected chi connectivity index (χ2v) is 8.16. The van der Waals surface area contributed by atoms with Gasteiger partial charge >= 0.3 is 5.97 Å². The number of rotatable bonds is 21. The number of hydrogen-bond donors (Lipinski definition) is 1. The minimum absolute atomic E-state index is 0. The lowest BCUT2D eigenvalue weighted by atomic mass is 10.1. The maximum Gasteiger partial charge on any atom is 0.330 e. The number of aliphatic hydroxyl groups is 1. The van der Waals surface area contributed by atoms with Crippen LogP contribution < -0.4 is 12.4 Å². The number of unbranched alkanes of at least 4 members (excludes halogenated alkanes) is 9. The standard InChI is InChI=1S/C24H48NO4.ClH/c1-5-9-10-11-12-13-14-15-16-17-19-28-22-23(26)21-25(7-3,8-4)18-20-29-24(27)6-2;/h6,23,26H,2,5,7-22H2,1,3-4H3;1H/q+1;/p-1. The van der Waals surface area contributed by atoms with E-state index in [1.165, 1.54) is 63.9 Å². The molecule has 0 aliphatic rings. The lowest BCUT2D eigenvalue weighted by Gasteiger charge is -2.38. The van der Waals surface area contributed by atoms with Crippen molar-refractivity contribution in [3.05, 3.63) is 12.7 Å². The zero-order valence-corrected chi connectivity index (χ0v) is 20.6. The molecular weight excluding hydrogens is 402 g/mol. The molecule has 1 atom stereocenters. The Hall–Kier alpha value is -0.620. The second-order valence-electron chi connectivity index (χ2n) is 8.16. The predicted octanol–water partition coefficient (Wildman–Crippen LogP) is 1.87. The normalized spacial score (nSPS) is 12.3. The molecule has 0 radical (unpaired) electrons. The van der Waals surface area contributed by atoms with E-state index >= 15 is 0 Å². The molecule has 0 aromatic heterocycles. The SMILES string of the molecule is C=CC(=O)OCC[N+](CC)(CC)CC(O)COCCCCCCCCCCCC.[Cl-]. The number of carbonyl (C=O) groups is 1. The maximum absolute atomic E-state index is 11.2. The Labute approximate surface area is 192 Å². The van der Waals surface area contributed by atoms with Gasteiger partial charge in [-0.1, -0.05) is 71.3 Å². The number of halogens is 1. The van der Waals surface area contributed by atoms with Gasteiger partial charge in [0.25, 0.3) is 0 Å². The first-order valence-electron chi connectivity index (χ1n) is 11.9. The first kappa shape index (κ1) is 31.6. The van der Waals surface area contributed by atoms with Crippen molar-refractivity contribution in [2.45, 2.75) is 91.1 Å². The third-order valence-corrected chi connectivity index (χ3v) is 5.87. The minimum atomic E-state index is -0.492. The molecule has 0 fully saturated rings. The Morgan fingerprint density at radius 1 is 0.933 bits per heavy atom. The molecule has 0 spiro atoms. The summed E-state index contributed by atoms with van der Waals surface area (Å²) in [6.07, 6.45) is 13.8. The Kier molecular flexibility index (Phi) is 22.7. The Morgan fingerprint density at radius 3 is 1.97 bits per heavy atom. The average Bonchev–Trinajstić information content (AvgIpc) is 2.73. The molecular formula is C24H48ClNO4. The van der Waals surface area contributed by atoms with E-state index in [-0.39, 0.29) is 12.4 Å². The topological polar surface area (TPSA) is 55.8 Å². The van der Waals surface area contributed by atoms with Crippen molar-refractivity contribution in [2.75, 3.05) is 46.0 Å². The zero-order valence-electron chi connectivity index (χ0n) is 19.9. The van der Waals surface area contributed by atoms with Crippen molar-refractivity contribution < 1.29 is 36.3 Å². The van der Waals surface area contributed by atoms with Crippen molar-refractivity contribution >= 4 is 5.97 Å². The van der Waals surface area contributed by atoms with Gasteiger partial charge in [0.2, 0.25) is 0 Å². The van der Waals surface area contributed by atoms with Gasteiger partial charge in [-0.3, -0.25) is 0 Å². The van der Waals surface area contributed by atoms with E-state index in [9.17, 15) is 9.90 Å². The van der Waals surface area contributed by atoms with Crippen LogP contribution in [0.15, 0.2) is 12.7 Å². The summed E-state index contributed by atoms with van der Waals surface area (Å²) < 4.78 is 11.5. The number of carbonyl (C=O) groups excluding carboxylic acids is 1. The molecule has 1 unspecified atom stereocenters. The van der Waals surface area contributed by atoms with Crippen molar-refractivity contribution in [1.29, 1.82) is 0 Å². The Morgan fingerprint density at radius 2 is 1.47 bits per heavy atom. The van der Waals surface area contributed by atoms with Gasteiger partial charge in [0.15, 0.2) is 0 Å². The van der Waals surface area contributed by atoms with Crippen molar-refractivity contribution in [3.8, 4) is 0 Å². The summed E-state index contributed by atoms with van der Waals surface area (Å²) in [6, 6.07) is 0. The molecule has 30 heavy (non-hydrogen) atoms. The number of hydrogen-bond acceptors (Lipinski definition) is 4. The molecule has 0 aliphatic heterocycles. The Balaban J connectivity index is 0. The van der Waals surface area contributed by atoms with E-state index < -0.39 is 12.1 Å². The molecule has 0 heterocycles. The predicted molar refractivity (Wildman–Crippen MR) is 121 cm³/mol. The molecule has 5 nitrogen and oxygen atoms in total. The van der Waals surface area contributed by atoms with Crippen LogP contribution in [0.4, 0.5) is 0 Å². The van der Waals surface area contributed by atoms with Crippen LogP contribution in [-0.2, 0) is 14.3 Å². The average molecular weight is 450 g/mol. The molecule has 0 saturated heterocycles. The number of aliphatic hydroxyl groups excluding tert-OH is 1. The zero-order chi connectivity index (χ0) is 21.8. The van der Waals surface area contributed by atoms with Crippen molar-refractivity contribution in [1.82, 2.24) is 0 Å². The summed E-state index contributed by atoms with van der Waals surface area (Å²) in [5.41, 5.74) is 0. The van der Waals surface area contributed by atoms with E-state index in [4.69, 9.17) is 9.47 Å². The van der Waals surface area contributed by atoms with Crippen LogP contribution >= 0.6 is 0 Å². The van der Waals surface area contributed by atoms with Gasteiger partial charge in [0.05, 0.1) is 19.7 Å². The fourth-order valence-electron chi connectivity index (χ4n) is 3.70. The summed E-state index contributed by atoms with van der Waals surface area (Å²) in [4.78, 5) is 11.2. The van der Waals surface area contributed by atoms with Crippen LogP contribution in [0.25, 0.3) is 0 Å². The highest BCUT2D eigenvalue weighted by Gasteiger charge is 2.27. The van der Waals surface area contributed by atoms with Crippen LogP contribution in [-0.4, -0.2) is 67.7 Å². The summed E-state index contributed by atoms with van der Waals surface area (Å²) in [7, 11) is 0. The third kappa shape index (κ3) is 17.1. The van der Waals surface area contributed by atoms with Crippen molar-refractivity contribution in [2.24, 2.45) is 0 Å². The highest BCUT2D eigenvalue weighted by atomic mass is 35.5. The van der Waals surface area contributed by atoms with Gasteiger partial charge in [0.1, 0.15) is 25.8 Å². The summed E-state index contributed by atoms with van der Waals surface area (Å²) in [6.45, 7) is 14.4. The van der Waals surface area contributed by atoms with Gasteiger partial charge in [-0.25, -0.2) is 4.79 Å². The number of quaternary nitrogens is 1. The molecule has 6 heteroatoms. The summed E-state index contributed by atoms with van der Waals surface area (Å²) >= 11 is 0. The quantitative estimate of drug-likeness (QED) is 0.126. The molecule has 180 valence electrons. The maximum atomic E-state index is 11.2. The molecule has 0 saturated carbocycles. The molecule has 0 aromatic rings. The highest BCUT2D eigenvalue weighted by Crippen LogP contribution is 2.11. The van der Waals surface area contributed by atoms with Gasteiger partial charge in [0, 0.05) is 12.7 Å². The van der Waals surface area contributed by atoms with E-state index in [0.717, 1.165) is 26.1 Å². The lowest BCUT2D eigenvalue weighted by Crippen LogP contribution is -3.00. The van der Waals surface area contributed by atoms with Gasteiger partial charge in [-0.05, 0) is 20.3 Å². The molecule has 0 amide bonds.